The van der Waals surface area contributed by atoms with Crippen molar-refractivity contribution in [2.75, 3.05) is 14.2 Å². The Balaban J connectivity index is 2.00. The Hall–Kier alpha value is -2.35. The van der Waals surface area contributed by atoms with Gasteiger partial charge < -0.3 is 19.3 Å². The Morgan fingerprint density at radius 2 is 2.08 bits per heavy atom. The first-order valence-corrected chi connectivity index (χ1v) is 7.93. The van der Waals surface area contributed by atoms with Gasteiger partial charge in [0.05, 0.1) is 33.1 Å². The monoisotopic (exact) mass is 337 g/mol. The number of hydrogen-bond donors (Lipinski definition) is 1. The quantitative estimate of drug-likeness (QED) is 0.542. The SMILES string of the molecule is CCCCCC(O)c1cn(C/C=C2\OC(=O)C(OC)=C2OC)nn1. The lowest BCUT2D eigenvalue weighted by Crippen LogP contribution is -2.01. The maximum Gasteiger partial charge on any atom is 0.383 e. The minimum atomic E-state index is -0.614. The molecule has 8 heteroatoms. The Labute approximate surface area is 140 Å². The zero-order valence-electron chi connectivity index (χ0n) is 14.2. The molecule has 0 saturated carbocycles. The highest BCUT2D eigenvalue weighted by molar-refractivity contribution is 5.91. The lowest BCUT2D eigenvalue weighted by molar-refractivity contribution is -0.136. The van der Waals surface area contributed by atoms with Gasteiger partial charge in [0.1, 0.15) is 5.69 Å². The molecule has 24 heavy (non-hydrogen) atoms. The van der Waals surface area contributed by atoms with Crippen LogP contribution in [0.1, 0.15) is 44.4 Å². The molecule has 0 aliphatic carbocycles. The van der Waals surface area contributed by atoms with Gasteiger partial charge in [-0.2, -0.15) is 0 Å². The van der Waals surface area contributed by atoms with E-state index in [0.29, 0.717) is 18.7 Å². The highest BCUT2D eigenvalue weighted by atomic mass is 16.6. The highest BCUT2D eigenvalue weighted by Crippen LogP contribution is 2.27. The number of unbranched alkanes of at least 4 members (excludes halogenated alkanes) is 2. The Bertz CT molecular complexity index is 635. The molecule has 1 aliphatic rings. The fraction of sp³-hybridized carbons (Fsp3) is 0.562. The highest BCUT2D eigenvalue weighted by Gasteiger charge is 2.32. The van der Waals surface area contributed by atoms with Crippen LogP contribution in [0.4, 0.5) is 0 Å². The van der Waals surface area contributed by atoms with Gasteiger partial charge >= 0.3 is 5.97 Å². The molecule has 1 aromatic heterocycles. The molecule has 0 spiro atoms. The van der Waals surface area contributed by atoms with E-state index in [4.69, 9.17) is 14.2 Å². The number of carbonyl (C=O) groups excluding carboxylic acids is 1. The number of nitrogens with zero attached hydrogens (tertiary/aromatic N) is 3. The number of cyclic esters (lactones) is 1. The topological polar surface area (TPSA) is 95.7 Å². The van der Waals surface area contributed by atoms with Gasteiger partial charge in [-0.05, 0) is 12.5 Å². The van der Waals surface area contributed by atoms with Crippen LogP contribution in [0.25, 0.3) is 0 Å². The van der Waals surface area contributed by atoms with Gasteiger partial charge in [0.25, 0.3) is 5.76 Å². The molecule has 1 atom stereocenters. The lowest BCUT2D eigenvalue weighted by atomic mass is 10.1. The van der Waals surface area contributed by atoms with Crippen molar-refractivity contribution in [2.24, 2.45) is 0 Å². The number of aliphatic hydroxyl groups excluding tert-OH is 1. The maximum atomic E-state index is 11.6. The number of aromatic nitrogens is 3. The summed E-state index contributed by atoms with van der Waals surface area (Å²) in [5.41, 5.74) is 0.535. The average Bonchev–Trinajstić information content (AvgIpc) is 3.16. The molecule has 0 amide bonds. The summed E-state index contributed by atoms with van der Waals surface area (Å²) >= 11 is 0. The van der Waals surface area contributed by atoms with Gasteiger partial charge in [-0.3, -0.25) is 0 Å². The van der Waals surface area contributed by atoms with Gasteiger partial charge in [-0.1, -0.05) is 31.4 Å². The number of esters is 1. The van der Waals surface area contributed by atoms with Crippen LogP contribution in [-0.4, -0.2) is 40.3 Å². The van der Waals surface area contributed by atoms with Crippen LogP contribution >= 0.6 is 0 Å². The predicted octanol–water partition coefficient (Wildman–Crippen LogP) is 1.84. The van der Waals surface area contributed by atoms with Crippen molar-refractivity contribution < 1.29 is 24.1 Å². The molecule has 132 valence electrons. The van der Waals surface area contributed by atoms with Gasteiger partial charge in [0.2, 0.25) is 5.76 Å². The van der Waals surface area contributed by atoms with E-state index in [1.54, 1.807) is 17.0 Å². The Kier molecular flexibility index (Phi) is 6.36. The van der Waals surface area contributed by atoms with E-state index in [-0.39, 0.29) is 17.3 Å². The van der Waals surface area contributed by atoms with Crippen LogP contribution in [0.3, 0.4) is 0 Å². The summed E-state index contributed by atoms with van der Waals surface area (Å²) in [7, 11) is 2.81. The molecule has 0 aromatic carbocycles. The summed E-state index contributed by atoms with van der Waals surface area (Å²) < 4.78 is 16.8. The molecule has 8 nitrogen and oxygen atoms in total. The summed E-state index contributed by atoms with van der Waals surface area (Å²) in [5, 5.41) is 18.0. The molecule has 2 heterocycles. The van der Waals surface area contributed by atoms with Crippen LogP contribution in [0, 0.1) is 0 Å². The van der Waals surface area contributed by atoms with Crippen molar-refractivity contribution >= 4 is 5.97 Å². The molecule has 2 rings (SSSR count). The smallest absolute Gasteiger partial charge is 0.383 e. The predicted molar refractivity (Wildman–Crippen MR) is 84.3 cm³/mol. The van der Waals surface area contributed by atoms with Gasteiger partial charge in [-0.25, -0.2) is 9.48 Å². The zero-order chi connectivity index (χ0) is 17.5. The van der Waals surface area contributed by atoms with Gasteiger partial charge in [0, 0.05) is 0 Å². The number of allylic oxidation sites excluding steroid dienone is 1. The third kappa shape index (κ3) is 4.14. The first kappa shape index (κ1) is 18.0. The van der Waals surface area contributed by atoms with E-state index in [1.807, 2.05) is 0 Å². The van der Waals surface area contributed by atoms with E-state index in [1.165, 1.54) is 14.2 Å². The van der Waals surface area contributed by atoms with Crippen LogP contribution in [-0.2, 0) is 25.5 Å². The Morgan fingerprint density at radius 1 is 1.33 bits per heavy atom. The van der Waals surface area contributed by atoms with Gasteiger partial charge in [-0.15, -0.1) is 5.10 Å². The van der Waals surface area contributed by atoms with E-state index in [0.717, 1.165) is 19.3 Å². The van der Waals surface area contributed by atoms with Crippen molar-refractivity contribution in [1.82, 2.24) is 15.0 Å². The number of rotatable bonds is 9. The van der Waals surface area contributed by atoms with Crippen molar-refractivity contribution in [2.45, 2.75) is 45.3 Å². The third-order valence-electron chi connectivity index (χ3n) is 3.67. The van der Waals surface area contributed by atoms with Crippen LogP contribution in [0.15, 0.2) is 29.6 Å². The van der Waals surface area contributed by atoms with Gasteiger partial charge in [0.15, 0.2) is 5.76 Å². The molecular formula is C16H23N3O5. The fourth-order valence-electron chi connectivity index (χ4n) is 2.37. The average molecular weight is 337 g/mol. The first-order valence-electron chi connectivity index (χ1n) is 7.93. The Morgan fingerprint density at radius 3 is 2.75 bits per heavy atom. The minimum absolute atomic E-state index is 0.0365. The number of methoxy groups -OCH3 is 2. The summed E-state index contributed by atoms with van der Waals surface area (Å²) in [6.45, 7) is 2.44. The molecule has 0 radical (unpaired) electrons. The molecule has 0 saturated heterocycles. The normalized spacial score (nSPS) is 17.3. The lowest BCUT2D eigenvalue weighted by Gasteiger charge is -2.05. The number of hydrogen-bond acceptors (Lipinski definition) is 7. The summed E-state index contributed by atoms with van der Waals surface area (Å²) in [5.74, 6) is -0.0251. The maximum absolute atomic E-state index is 11.6. The second-order valence-electron chi connectivity index (χ2n) is 5.40. The molecule has 1 unspecified atom stereocenters. The van der Waals surface area contributed by atoms with E-state index in [9.17, 15) is 9.90 Å². The largest absolute Gasteiger partial charge is 0.490 e. The van der Waals surface area contributed by atoms with Crippen molar-refractivity contribution in [1.29, 1.82) is 0 Å². The van der Waals surface area contributed by atoms with Crippen molar-refractivity contribution in [3.05, 3.63) is 35.2 Å². The second-order valence-corrected chi connectivity index (χ2v) is 5.40. The van der Waals surface area contributed by atoms with E-state index >= 15 is 0 Å². The van der Waals surface area contributed by atoms with Crippen LogP contribution < -0.4 is 0 Å². The molecule has 1 aromatic rings. The van der Waals surface area contributed by atoms with Crippen molar-refractivity contribution in [3.63, 3.8) is 0 Å². The summed E-state index contributed by atoms with van der Waals surface area (Å²) in [6.07, 6.45) is 6.51. The molecule has 0 bridgehead atoms. The summed E-state index contributed by atoms with van der Waals surface area (Å²) in [4.78, 5) is 11.6. The van der Waals surface area contributed by atoms with E-state index < -0.39 is 12.1 Å². The summed E-state index contributed by atoms with van der Waals surface area (Å²) in [6, 6.07) is 0. The third-order valence-corrected chi connectivity index (χ3v) is 3.67. The minimum Gasteiger partial charge on any atom is -0.490 e. The van der Waals surface area contributed by atoms with Crippen LogP contribution in [0.2, 0.25) is 0 Å². The van der Waals surface area contributed by atoms with Crippen molar-refractivity contribution in [3.8, 4) is 0 Å². The molecule has 0 fully saturated rings. The number of ether oxygens (including phenoxy) is 3. The molecule has 1 N–H and O–H groups in total. The zero-order valence-corrected chi connectivity index (χ0v) is 14.2. The second kappa shape index (κ2) is 8.49. The molecular weight excluding hydrogens is 314 g/mol. The number of carbonyl (C=O) groups is 1. The standard InChI is InChI=1S/C16H23N3O5/c1-4-5-6-7-12(20)11-10-19(18-17-11)9-8-13-14(22-2)15(23-3)16(21)24-13/h8,10,12,20H,4-7,9H2,1-3H3/b13-8-. The molecule has 1 aliphatic heterocycles. The van der Waals surface area contributed by atoms with Crippen LogP contribution in [0.5, 0.6) is 0 Å². The van der Waals surface area contributed by atoms with E-state index in [2.05, 4.69) is 17.2 Å². The number of aliphatic hydroxyl groups is 1. The fourth-order valence-corrected chi connectivity index (χ4v) is 2.37. The first-order chi connectivity index (χ1) is 11.6.